The van der Waals surface area contributed by atoms with Crippen molar-refractivity contribution in [1.82, 2.24) is 25.0 Å². The fraction of sp³-hybridized carbons (Fsp3) is 0.500. The molecule has 1 fully saturated rings. The third kappa shape index (κ3) is 4.42. The van der Waals surface area contributed by atoms with Gasteiger partial charge in [0.05, 0.1) is 23.5 Å². The highest BCUT2D eigenvalue weighted by Crippen LogP contribution is 2.27. The van der Waals surface area contributed by atoms with Gasteiger partial charge in [-0.3, -0.25) is 4.90 Å². The van der Waals surface area contributed by atoms with Crippen LogP contribution in [0.25, 0.3) is 11.3 Å². The lowest BCUT2D eigenvalue weighted by Crippen LogP contribution is -2.24. The van der Waals surface area contributed by atoms with Gasteiger partial charge in [0.1, 0.15) is 17.1 Å². The molecule has 1 saturated heterocycles. The van der Waals surface area contributed by atoms with E-state index in [2.05, 4.69) is 36.5 Å². The standard InChI is InChI=1S/C20H25N5OS/c1-14-20(15(2)26-24-14)18-11-17(22-13-23-18)10-16-4-3-7-25(8-5-16)12-19-21-6-9-27-19/h6,9,11,13,16H,3-5,7-8,10,12H2,1-2H3/t16-/m1/s1. The normalized spacial score (nSPS) is 18.5. The Bertz CT molecular complexity index is 857. The molecule has 6 nitrogen and oxygen atoms in total. The quantitative estimate of drug-likeness (QED) is 0.662. The first-order chi connectivity index (χ1) is 13.2. The van der Waals surface area contributed by atoms with E-state index in [0.717, 1.165) is 54.5 Å². The molecule has 3 aromatic heterocycles. The molecular weight excluding hydrogens is 358 g/mol. The van der Waals surface area contributed by atoms with Gasteiger partial charge in [-0.05, 0) is 64.6 Å². The minimum absolute atomic E-state index is 0.665. The zero-order valence-corrected chi connectivity index (χ0v) is 16.7. The summed E-state index contributed by atoms with van der Waals surface area (Å²) in [6.07, 6.45) is 8.26. The molecule has 4 rings (SSSR count). The molecule has 3 aromatic rings. The number of aromatic nitrogens is 4. The summed E-state index contributed by atoms with van der Waals surface area (Å²) in [4.78, 5) is 15.9. The van der Waals surface area contributed by atoms with Crippen molar-refractivity contribution in [3.63, 3.8) is 0 Å². The first-order valence-electron chi connectivity index (χ1n) is 9.54. The van der Waals surface area contributed by atoms with Crippen LogP contribution in [-0.2, 0) is 13.0 Å². The number of rotatable bonds is 5. The maximum Gasteiger partial charge on any atom is 0.143 e. The minimum atomic E-state index is 0.665. The Labute approximate surface area is 163 Å². The average molecular weight is 384 g/mol. The van der Waals surface area contributed by atoms with Gasteiger partial charge in [-0.1, -0.05) is 5.16 Å². The van der Waals surface area contributed by atoms with Crippen molar-refractivity contribution in [1.29, 1.82) is 0 Å². The van der Waals surface area contributed by atoms with E-state index in [4.69, 9.17) is 4.52 Å². The second-order valence-electron chi connectivity index (χ2n) is 7.30. The Kier molecular flexibility index (Phi) is 5.59. The molecule has 0 N–H and O–H groups in total. The summed E-state index contributed by atoms with van der Waals surface area (Å²) < 4.78 is 5.29. The zero-order valence-electron chi connectivity index (χ0n) is 15.9. The molecule has 142 valence electrons. The van der Waals surface area contributed by atoms with Gasteiger partial charge in [-0.15, -0.1) is 11.3 Å². The molecule has 0 aliphatic carbocycles. The maximum atomic E-state index is 5.29. The molecule has 0 radical (unpaired) electrons. The first-order valence-corrected chi connectivity index (χ1v) is 10.4. The summed E-state index contributed by atoms with van der Waals surface area (Å²) in [7, 11) is 0. The van der Waals surface area contributed by atoms with Crippen LogP contribution in [0.2, 0.25) is 0 Å². The summed E-state index contributed by atoms with van der Waals surface area (Å²) in [5.41, 5.74) is 3.90. The molecule has 1 atom stereocenters. The number of aryl methyl sites for hydroxylation is 2. The molecule has 27 heavy (non-hydrogen) atoms. The van der Waals surface area contributed by atoms with E-state index in [-0.39, 0.29) is 0 Å². The fourth-order valence-corrected chi connectivity index (χ4v) is 4.56. The van der Waals surface area contributed by atoms with Crippen LogP contribution in [0.4, 0.5) is 0 Å². The van der Waals surface area contributed by atoms with Gasteiger partial charge in [-0.25, -0.2) is 15.0 Å². The number of likely N-dealkylation sites (tertiary alicyclic amines) is 1. The summed E-state index contributed by atoms with van der Waals surface area (Å²) >= 11 is 1.75. The Morgan fingerprint density at radius 2 is 2.11 bits per heavy atom. The fourth-order valence-electron chi connectivity index (χ4n) is 3.90. The van der Waals surface area contributed by atoms with Crippen LogP contribution >= 0.6 is 11.3 Å². The molecule has 0 aromatic carbocycles. The van der Waals surface area contributed by atoms with Crippen molar-refractivity contribution >= 4 is 11.3 Å². The summed E-state index contributed by atoms with van der Waals surface area (Å²) in [5, 5.41) is 7.32. The van der Waals surface area contributed by atoms with E-state index in [1.165, 1.54) is 24.3 Å². The molecule has 0 unspecified atom stereocenters. The van der Waals surface area contributed by atoms with Crippen molar-refractivity contribution in [3.05, 3.63) is 46.1 Å². The van der Waals surface area contributed by atoms with Crippen LogP contribution in [0, 0.1) is 19.8 Å². The minimum Gasteiger partial charge on any atom is -0.361 e. The Morgan fingerprint density at radius 1 is 1.19 bits per heavy atom. The van der Waals surface area contributed by atoms with Crippen LogP contribution in [0.5, 0.6) is 0 Å². The first kappa shape index (κ1) is 18.3. The predicted molar refractivity (Wildman–Crippen MR) is 105 cm³/mol. The van der Waals surface area contributed by atoms with Crippen molar-refractivity contribution in [2.24, 2.45) is 5.92 Å². The summed E-state index contributed by atoms with van der Waals surface area (Å²) in [6.45, 7) is 7.15. The molecule has 7 heteroatoms. The molecule has 4 heterocycles. The van der Waals surface area contributed by atoms with Crippen molar-refractivity contribution in [3.8, 4) is 11.3 Å². The second kappa shape index (κ2) is 8.27. The number of nitrogens with zero attached hydrogens (tertiary/aromatic N) is 5. The van der Waals surface area contributed by atoms with E-state index in [1.54, 1.807) is 17.7 Å². The van der Waals surface area contributed by atoms with Gasteiger partial charge in [-0.2, -0.15) is 0 Å². The molecule has 0 amide bonds. The molecule has 1 aliphatic heterocycles. The van der Waals surface area contributed by atoms with Crippen molar-refractivity contribution in [2.45, 2.75) is 46.1 Å². The predicted octanol–water partition coefficient (Wildman–Crippen LogP) is 4.05. The van der Waals surface area contributed by atoms with Gasteiger partial charge in [0, 0.05) is 17.3 Å². The van der Waals surface area contributed by atoms with Crippen molar-refractivity contribution < 1.29 is 4.52 Å². The summed E-state index contributed by atoms with van der Waals surface area (Å²) in [6, 6.07) is 2.10. The highest BCUT2D eigenvalue weighted by molar-refractivity contribution is 7.09. The third-order valence-electron chi connectivity index (χ3n) is 5.29. The molecule has 0 spiro atoms. The molecular formula is C20H25N5OS. The number of hydrogen-bond donors (Lipinski definition) is 0. The van der Waals surface area contributed by atoms with Crippen LogP contribution in [0.3, 0.4) is 0 Å². The third-order valence-corrected chi connectivity index (χ3v) is 6.06. The van der Waals surface area contributed by atoms with E-state index < -0.39 is 0 Å². The molecule has 0 bridgehead atoms. The largest absolute Gasteiger partial charge is 0.361 e. The monoisotopic (exact) mass is 383 g/mol. The zero-order chi connectivity index (χ0) is 18.6. The van der Waals surface area contributed by atoms with Crippen LogP contribution < -0.4 is 0 Å². The lowest BCUT2D eigenvalue weighted by Gasteiger charge is -2.18. The van der Waals surface area contributed by atoms with E-state index >= 15 is 0 Å². The van der Waals surface area contributed by atoms with E-state index in [1.807, 2.05) is 20.0 Å². The highest BCUT2D eigenvalue weighted by atomic mass is 32.1. The highest BCUT2D eigenvalue weighted by Gasteiger charge is 2.20. The smallest absolute Gasteiger partial charge is 0.143 e. The van der Waals surface area contributed by atoms with Crippen LogP contribution in [0.1, 0.15) is 41.4 Å². The topological polar surface area (TPSA) is 67.9 Å². The average Bonchev–Trinajstić information content (AvgIpc) is 3.22. The van der Waals surface area contributed by atoms with E-state index in [0.29, 0.717) is 5.92 Å². The lowest BCUT2D eigenvalue weighted by atomic mass is 9.94. The Balaban J connectivity index is 1.40. The number of hydrogen-bond acceptors (Lipinski definition) is 7. The van der Waals surface area contributed by atoms with Gasteiger partial charge in [0.15, 0.2) is 0 Å². The van der Waals surface area contributed by atoms with Crippen LogP contribution in [0.15, 0.2) is 28.5 Å². The lowest BCUT2D eigenvalue weighted by molar-refractivity contribution is 0.272. The van der Waals surface area contributed by atoms with Gasteiger partial charge >= 0.3 is 0 Å². The second-order valence-corrected chi connectivity index (χ2v) is 8.28. The van der Waals surface area contributed by atoms with Gasteiger partial charge in [0.25, 0.3) is 0 Å². The van der Waals surface area contributed by atoms with Crippen molar-refractivity contribution in [2.75, 3.05) is 13.1 Å². The Hall–Kier alpha value is -2.12. The van der Waals surface area contributed by atoms with E-state index in [9.17, 15) is 0 Å². The van der Waals surface area contributed by atoms with Gasteiger partial charge in [0.2, 0.25) is 0 Å². The maximum absolute atomic E-state index is 5.29. The molecule has 0 saturated carbocycles. The SMILES string of the molecule is Cc1noc(C)c1-c1cc(C[C@@H]2CCCN(Cc3nccs3)CC2)ncn1. The van der Waals surface area contributed by atoms with Crippen LogP contribution in [-0.4, -0.2) is 38.1 Å². The number of thiazole rings is 1. The Morgan fingerprint density at radius 3 is 2.89 bits per heavy atom. The molecule has 1 aliphatic rings. The van der Waals surface area contributed by atoms with Gasteiger partial charge < -0.3 is 4.52 Å². The summed E-state index contributed by atoms with van der Waals surface area (Å²) in [5.74, 6) is 1.48.